The minimum absolute atomic E-state index is 0.0600. The Morgan fingerprint density at radius 1 is 1.00 bits per heavy atom. The molecule has 0 aromatic rings. The van der Waals surface area contributed by atoms with Crippen molar-refractivity contribution in [1.82, 2.24) is 9.80 Å². The molecule has 2 fully saturated rings. The summed E-state index contributed by atoms with van der Waals surface area (Å²) >= 11 is 3.28. The molecule has 4 aliphatic heterocycles. The molecule has 9 heteroatoms. The fourth-order valence-corrected chi connectivity index (χ4v) is 7.89. The Bertz CT molecular complexity index is 887. The molecule has 34 heavy (non-hydrogen) atoms. The third-order valence-electron chi connectivity index (χ3n) is 7.43. The number of amides is 3. The zero-order chi connectivity index (χ0) is 24.5. The molecule has 0 radical (unpaired) electrons. The molecule has 3 amide bonds. The molecule has 2 saturated heterocycles. The summed E-state index contributed by atoms with van der Waals surface area (Å²) < 4.78 is 0. The van der Waals surface area contributed by atoms with Crippen LogP contribution in [0.5, 0.6) is 0 Å². The van der Waals surface area contributed by atoms with Crippen LogP contribution in [0.4, 0.5) is 0 Å². The number of unbranched alkanes of at least 4 members (excludes halogenated alkanes) is 1. The van der Waals surface area contributed by atoms with E-state index in [0.717, 1.165) is 53.4 Å². The van der Waals surface area contributed by atoms with Crippen molar-refractivity contribution >= 4 is 41.2 Å². The van der Waals surface area contributed by atoms with E-state index >= 15 is 0 Å². The zero-order valence-electron chi connectivity index (χ0n) is 20.1. The average Bonchev–Trinajstić information content (AvgIpc) is 3.42. The Morgan fingerprint density at radius 2 is 1.68 bits per heavy atom. The van der Waals surface area contributed by atoms with Gasteiger partial charge in [-0.05, 0) is 81.6 Å². The fraction of sp³-hybridized carbons (Fsp3) is 0.720. The summed E-state index contributed by atoms with van der Waals surface area (Å²) in [5, 5.41) is 21.0. The number of nitrogens with zero attached hydrogens (tertiary/aromatic N) is 2. The SMILES string of the molecule is CC(C)(CCCC(O)CCCCN1C(=O)C=C2SCCC2C1O)N1C(=O)C=C2SCCC2C1=O. The Labute approximate surface area is 210 Å². The van der Waals surface area contributed by atoms with Crippen LogP contribution in [0.25, 0.3) is 0 Å². The molecule has 0 spiro atoms. The van der Waals surface area contributed by atoms with Gasteiger partial charge in [0, 0.05) is 35.1 Å². The minimum Gasteiger partial charge on any atom is -0.393 e. The molecule has 0 aliphatic carbocycles. The minimum atomic E-state index is -0.733. The van der Waals surface area contributed by atoms with Gasteiger partial charge >= 0.3 is 0 Å². The lowest BCUT2D eigenvalue weighted by atomic mass is 9.89. The maximum absolute atomic E-state index is 12.9. The van der Waals surface area contributed by atoms with Crippen molar-refractivity contribution in [2.24, 2.45) is 11.8 Å². The number of rotatable bonds is 10. The van der Waals surface area contributed by atoms with Crippen LogP contribution in [0.1, 0.15) is 65.2 Å². The van der Waals surface area contributed by atoms with Gasteiger partial charge in [-0.2, -0.15) is 0 Å². The molecule has 0 saturated carbocycles. The van der Waals surface area contributed by atoms with Gasteiger partial charge in [0.15, 0.2) is 0 Å². The average molecular weight is 509 g/mol. The molecule has 0 bridgehead atoms. The van der Waals surface area contributed by atoms with Crippen molar-refractivity contribution in [2.75, 3.05) is 18.1 Å². The molecule has 4 aliphatic rings. The topological polar surface area (TPSA) is 98.1 Å². The number of hydrogen-bond acceptors (Lipinski definition) is 7. The largest absolute Gasteiger partial charge is 0.393 e. The number of aliphatic hydroxyl groups excluding tert-OH is 2. The van der Waals surface area contributed by atoms with Crippen molar-refractivity contribution in [3.05, 3.63) is 22.0 Å². The van der Waals surface area contributed by atoms with Gasteiger partial charge in [-0.1, -0.05) is 0 Å². The number of thioether (sulfide) groups is 2. The second-order valence-electron chi connectivity index (χ2n) is 10.3. The highest BCUT2D eigenvalue weighted by molar-refractivity contribution is 8.03. The number of imide groups is 1. The van der Waals surface area contributed by atoms with Crippen LogP contribution in [-0.2, 0) is 14.4 Å². The quantitative estimate of drug-likeness (QED) is 0.345. The molecule has 188 valence electrons. The number of fused-ring (bicyclic) bond motifs is 2. The summed E-state index contributed by atoms with van der Waals surface area (Å²) in [6.45, 7) is 4.36. The first kappa shape index (κ1) is 25.8. The van der Waals surface area contributed by atoms with E-state index in [0.29, 0.717) is 25.8 Å². The van der Waals surface area contributed by atoms with Crippen molar-refractivity contribution in [1.29, 1.82) is 0 Å². The van der Waals surface area contributed by atoms with E-state index in [1.54, 1.807) is 40.6 Å². The lowest BCUT2D eigenvalue weighted by molar-refractivity contribution is -0.151. The van der Waals surface area contributed by atoms with Gasteiger partial charge in [-0.15, -0.1) is 23.5 Å². The lowest BCUT2D eigenvalue weighted by Crippen LogP contribution is -2.54. The van der Waals surface area contributed by atoms with Gasteiger partial charge in [0.2, 0.25) is 11.8 Å². The molecule has 0 aromatic carbocycles. The summed E-state index contributed by atoms with van der Waals surface area (Å²) in [6.07, 6.45) is 7.93. The molecule has 2 N–H and O–H groups in total. The molecule has 4 rings (SSSR count). The fourth-order valence-electron chi connectivity index (χ4n) is 5.45. The summed E-state index contributed by atoms with van der Waals surface area (Å²) in [4.78, 5) is 42.8. The van der Waals surface area contributed by atoms with Crippen molar-refractivity contribution < 1.29 is 24.6 Å². The highest BCUT2D eigenvalue weighted by Gasteiger charge is 2.44. The van der Waals surface area contributed by atoms with Gasteiger partial charge in [-0.3, -0.25) is 19.3 Å². The first-order valence-corrected chi connectivity index (χ1v) is 14.4. The molecule has 7 nitrogen and oxygen atoms in total. The lowest BCUT2D eigenvalue weighted by Gasteiger charge is -2.40. The van der Waals surface area contributed by atoms with E-state index in [-0.39, 0.29) is 29.6 Å². The Kier molecular flexibility index (Phi) is 8.17. The van der Waals surface area contributed by atoms with Gasteiger partial charge in [0.1, 0.15) is 6.23 Å². The molecular formula is C25H36N2O5S2. The zero-order valence-corrected chi connectivity index (χ0v) is 21.7. The normalized spacial score (nSPS) is 28.1. The highest BCUT2D eigenvalue weighted by atomic mass is 32.2. The number of aliphatic hydroxyl groups is 2. The Hall–Kier alpha value is -1.29. The predicted octanol–water partition coefficient (Wildman–Crippen LogP) is 3.27. The summed E-state index contributed by atoms with van der Waals surface area (Å²) in [5.74, 6) is 1.33. The van der Waals surface area contributed by atoms with E-state index in [1.807, 2.05) is 13.8 Å². The Morgan fingerprint density at radius 3 is 2.47 bits per heavy atom. The maximum atomic E-state index is 12.9. The standard InChI is InChI=1S/C25H36N2O5S2/c1-25(2,27-22(30)15-20-18(24(27)32)9-13-34-20)10-5-7-16(28)6-3-4-11-26-21(29)14-19-17(23(26)31)8-12-33-19/h14-18,23,28,31H,3-13H2,1-2H3. The molecule has 4 unspecified atom stereocenters. The third-order valence-corrected chi connectivity index (χ3v) is 9.80. The highest BCUT2D eigenvalue weighted by Crippen LogP contribution is 2.43. The van der Waals surface area contributed by atoms with Gasteiger partial charge in [0.05, 0.1) is 12.0 Å². The van der Waals surface area contributed by atoms with Gasteiger partial charge in [0.25, 0.3) is 5.91 Å². The van der Waals surface area contributed by atoms with E-state index in [1.165, 1.54) is 4.90 Å². The monoisotopic (exact) mass is 508 g/mol. The van der Waals surface area contributed by atoms with Crippen LogP contribution >= 0.6 is 23.5 Å². The second-order valence-corrected chi connectivity index (χ2v) is 12.7. The van der Waals surface area contributed by atoms with E-state index in [2.05, 4.69) is 0 Å². The molecule has 4 heterocycles. The first-order chi connectivity index (χ1) is 16.2. The van der Waals surface area contributed by atoms with E-state index in [4.69, 9.17) is 0 Å². The second kappa shape index (κ2) is 10.8. The Balaban J connectivity index is 1.17. The van der Waals surface area contributed by atoms with Crippen LogP contribution in [0.2, 0.25) is 0 Å². The summed E-state index contributed by atoms with van der Waals surface area (Å²) in [5.41, 5.74) is -0.584. The maximum Gasteiger partial charge on any atom is 0.254 e. The van der Waals surface area contributed by atoms with E-state index < -0.39 is 17.9 Å². The van der Waals surface area contributed by atoms with Crippen LogP contribution in [0.3, 0.4) is 0 Å². The molecule has 0 aromatic heterocycles. The van der Waals surface area contributed by atoms with Crippen LogP contribution in [0, 0.1) is 11.8 Å². The summed E-state index contributed by atoms with van der Waals surface area (Å²) in [6, 6.07) is 0. The smallest absolute Gasteiger partial charge is 0.254 e. The number of carbonyl (C=O) groups is 3. The number of hydrogen-bond donors (Lipinski definition) is 2. The van der Waals surface area contributed by atoms with Crippen LogP contribution in [0.15, 0.2) is 22.0 Å². The predicted molar refractivity (Wildman–Crippen MR) is 135 cm³/mol. The number of carbonyl (C=O) groups excluding carboxylic acids is 3. The van der Waals surface area contributed by atoms with Crippen LogP contribution < -0.4 is 0 Å². The van der Waals surface area contributed by atoms with Crippen molar-refractivity contribution in [3.63, 3.8) is 0 Å². The molecular weight excluding hydrogens is 472 g/mol. The van der Waals surface area contributed by atoms with Crippen molar-refractivity contribution in [2.45, 2.75) is 83.1 Å². The van der Waals surface area contributed by atoms with Gasteiger partial charge in [-0.25, -0.2) is 0 Å². The molecule has 4 atom stereocenters. The van der Waals surface area contributed by atoms with E-state index in [9.17, 15) is 24.6 Å². The van der Waals surface area contributed by atoms with Gasteiger partial charge < -0.3 is 15.1 Å². The van der Waals surface area contributed by atoms with Crippen LogP contribution in [-0.4, -0.2) is 73.7 Å². The summed E-state index contributed by atoms with van der Waals surface area (Å²) in [7, 11) is 0. The first-order valence-electron chi connectivity index (χ1n) is 12.4. The van der Waals surface area contributed by atoms with Crippen molar-refractivity contribution in [3.8, 4) is 0 Å². The third kappa shape index (κ3) is 5.42.